The summed E-state index contributed by atoms with van der Waals surface area (Å²) in [6.45, 7) is 1.27. The first-order chi connectivity index (χ1) is 11.8. The number of rotatable bonds is 5. The van der Waals surface area contributed by atoms with Crippen LogP contribution in [-0.4, -0.2) is 32.5 Å². The van der Waals surface area contributed by atoms with E-state index in [4.69, 9.17) is 23.2 Å². The van der Waals surface area contributed by atoms with Crippen molar-refractivity contribution >= 4 is 52.1 Å². The molecule has 0 heterocycles. The van der Waals surface area contributed by atoms with Gasteiger partial charge in [-0.05, 0) is 42.5 Å². The van der Waals surface area contributed by atoms with Gasteiger partial charge in [0.25, 0.3) is 0 Å². The standard InChI is InChI=1S/C18H19Cl2N3O2/c1-12(24)23(15-8-9-16(19)17(20)10-15)11-18(25)21-13-4-6-14(7-5-13)22(2)3/h4-10H,11H2,1-3H3,(H,21,25). The van der Waals surface area contributed by atoms with Gasteiger partial charge in [0, 0.05) is 38.1 Å². The first kappa shape index (κ1) is 19.1. The zero-order valence-corrected chi connectivity index (χ0v) is 15.7. The smallest absolute Gasteiger partial charge is 0.244 e. The van der Waals surface area contributed by atoms with Gasteiger partial charge in [-0.2, -0.15) is 0 Å². The summed E-state index contributed by atoms with van der Waals surface area (Å²) in [4.78, 5) is 27.5. The summed E-state index contributed by atoms with van der Waals surface area (Å²) < 4.78 is 0. The van der Waals surface area contributed by atoms with Gasteiger partial charge < -0.3 is 15.1 Å². The molecular formula is C18H19Cl2N3O2. The van der Waals surface area contributed by atoms with Crippen molar-refractivity contribution in [1.29, 1.82) is 0 Å². The summed E-state index contributed by atoms with van der Waals surface area (Å²) in [6.07, 6.45) is 0. The van der Waals surface area contributed by atoms with Gasteiger partial charge in [0.2, 0.25) is 11.8 Å². The number of amides is 2. The van der Waals surface area contributed by atoms with E-state index in [2.05, 4.69) is 5.32 Å². The van der Waals surface area contributed by atoms with Crippen LogP contribution in [0, 0.1) is 0 Å². The topological polar surface area (TPSA) is 52.7 Å². The van der Waals surface area contributed by atoms with Gasteiger partial charge in [-0.25, -0.2) is 0 Å². The Labute approximate surface area is 157 Å². The molecule has 2 aromatic rings. The molecule has 0 atom stereocenters. The van der Waals surface area contributed by atoms with Gasteiger partial charge >= 0.3 is 0 Å². The number of hydrogen-bond donors (Lipinski definition) is 1. The predicted octanol–water partition coefficient (Wildman–Crippen LogP) is 4.05. The lowest BCUT2D eigenvalue weighted by atomic mass is 10.2. The highest BCUT2D eigenvalue weighted by atomic mass is 35.5. The molecule has 0 saturated carbocycles. The highest BCUT2D eigenvalue weighted by Crippen LogP contribution is 2.27. The van der Waals surface area contributed by atoms with Gasteiger partial charge in [-0.3, -0.25) is 9.59 Å². The average molecular weight is 380 g/mol. The van der Waals surface area contributed by atoms with Gasteiger partial charge in [0.05, 0.1) is 10.0 Å². The van der Waals surface area contributed by atoms with Crippen LogP contribution in [0.2, 0.25) is 10.0 Å². The van der Waals surface area contributed by atoms with Crippen molar-refractivity contribution < 1.29 is 9.59 Å². The lowest BCUT2D eigenvalue weighted by Gasteiger charge is -2.21. The van der Waals surface area contributed by atoms with E-state index in [9.17, 15) is 9.59 Å². The Morgan fingerprint density at radius 2 is 1.56 bits per heavy atom. The number of nitrogens with one attached hydrogen (secondary N) is 1. The maximum Gasteiger partial charge on any atom is 0.244 e. The number of benzene rings is 2. The lowest BCUT2D eigenvalue weighted by molar-refractivity contribution is -0.120. The van der Waals surface area contributed by atoms with Gasteiger partial charge in [-0.1, -0.05) is 23.2 Å². The molecule has 132 valence electrons. The number of nitrogens with zero attached hydrogens (tertiary/aromatic N) is 2. The summed E-state index contributed by atoms with van der Waals surface area (Å²) in [5.74, 6) is -0.574. The third kappa shape index (κ3) is 5.11. The Kier molecular flexibility index (Phi) is 6.28. The highest BCUT2D eigenvalue weighted by molar-refractivity contribution is 6.42. The van der Waals surface area contributed by atoms with Crippen LogP contribution < -0.4 is 15.1 Å². The minimum Gasteiger partial charge on any atom is -0.378 e. The normalized spacial score (nSPS) is 10.3. The van der Waals surface area contributed by atoms with Gasteiger partial charge in [0.15, 0.2) is 0 Å². The highest BCUT2D eigenvalue weighted by Gasteiger charge is 2.17. The molecule has 2 aromatic carbocycles. The number of carbonyl (C=O) groups excluding carboxylic acids is 2. The second-order valence-electron chi connectivity index (χ2n) is 5.69. The second kappa shape index (κ2) is 8.23. The summed E-state index contributed by atoms with van der Waals surface area (Å²) in [5, 5.41) is 3.49. The molecule has 0 aliphatic carbocycles. The Bertz CT molecular complexity index is 776. The average Bonchev–Trinajstić information content (AvgIpc) is 2.55. The van der Waals surface area contributed by atoms with E-state index >= 15 is 0 Å². The van der Waals surface area contributed by atoms with E-state index in [1.165, 1.54) is 11.8 Å². The molecule has 0 spiro atoms. The van der Waals surface area contributed by atoms with E-state index in [-0.39, 0.29) is 18.4 Å². The first-order valence-corrected chi connectivity index (χ1v) is 8.34. The second-order valence-corrected chi connectivity index (χ2v) is 6.51. The Balaban J connectivity index is 2.09. The zero-order valence-electron chi connectivity index (χ0n) is 14.2. The van der Waals surface area contributed by atoms with Crippen LogP contribution in [0.1, 0.15) is 6.92 Å². The van der Waals surface area contributed by atoms with Crippen LogP contribution in [0.4, 0.5) is 17.1 Å². The number of carbonyl (C=O) groups is 2. The molecule has 5 nitrogen and oxygen atoms in total. The van der Waals surface area contributed by atoms with E-state index in [0.717, 1.165) is 5.69 Å². The van der Waals surface area contributed by atoms with E-state index in [0.29, 0.717) is 21.4 Å². The predicted molar refractivity (Wildman–Crippen MR) is 104 cm³/mol. The molecule has 0 bridgehead atoms. The van der Waals surface area contributed by atoms with E-state index in [1.54, 1.807) is 18.2 Å². The van der Waals surface area contributed by atoms with Crippen LogP contribution in [0.3, 0.4) is 0 Å². The summed E-state index contributed by atoms with van der Waals surface area (Å²) >= 11 is 11.9. The quantitative estimate of drug-likeness (QED) is 0.852. The van der Waals surface area contributed by atoms with Crippen molar-refractivity contribution in [2.45, 2.75) is 6.92 Å². The van der Waals surface area contributed by atoms with Crippen molar-refractivity contribution in [2.75, 3.05) is 35.8 Å². The summed E-state index contributed by atoms with van der Waals surface area (Å²) in [5.41, 5.74) is 2.20. The fourth-order valence-corrected chi connectivity index (χ4v) is 2.52. The molecule has 0 saturated heterocycles. The molecule has 0 aliphatic rings. The fraction of sp³-hybridized carbons (Fsp3) is 0.222. The molecule has 25 heavy (non-hydrogen) atoms. The Hall–Kier alpha value is -2.24. The van der Waals surface area contributed by atoms with Crippen molar-refractivity contribution in [3.8, 4) is 0 Å². The van der Waals surface area contributed by atoms with Crippen molar-refractivity contribution in [2.24, 2.45) is 0 Å². The van der Waals surface area contributed by atoms with Crippen LogP contribution in [-0.2, 0) is 9.59 Å². The minimum atomic E-state index is -0.307. The third-order valence-electron chi connectivity index (χ3n) is 3.56. The van der Waals surface area contributed by atoms with Crippen LogP contribution in [0.15, 0.2) is 42.5 Å². The monoisotopic (exact) mass is 379 g/mol. The molecule has 0 aliphatic heterocycles. The molecule has 1 N–H and O–H groups in total. The first-order valence-electron chi connectivity index (χ1n) is 7.58. The maximum absolute atomic E-state index is 12.3. The van der Waals surface area contributed by atoms with Gasteiger partial charge in [0.1, 0.15) is 6.54 Å². The van der Waals surface area contributed by atoms with Crippen molar-refractivity contribution in [1.82, 2.24) is 0 Å². The lowest BCUT2D eigenvalue weighted by Crippen LogP contribution is -2.36. The van der Waals surface area contributed by atoms with Gasteiger partial charge in [-0.15, -0.1) is 0 Å². The van der Waals surface area contributed by atoms with Crippen LogP contribution in [0.5, 0.6) is 0 Å². The Morgan fingerprint density at radius 3 is 2.08 bits per heavy atom. The molecule has 0 radical (unpaired) electrons. The third-order valence-corrected chi connectivity index (χ3v) is 4.30. The molecule has 2 amide bonds. The Morgan fingerprint density at radius 1 is 0.960 bits per heavy atom. The summed E-state index contributed by atoms with van der Waals surface area (Å²) in [7, 11) is 3.88. The van der Waals surface area contributed by atoms with Crippen molar-refractivity contribution in [3.05, 3.63) is 52.5 Å². The molecule has 7 heteroatoms. The van der Waals surface area contributed by atoms with E-state index < -0.39 is 0 Å². The molecule has 0 unspecified atom stereocenters. The molecule has 2 rings (SSSR count). The van der Waals surface area contributed by atoms with E-state index in [1.807, 2.05) is 43.3 Å². The molecular weight excluding hydrogens is 361 g/mol. The summed E-state index contributed by atoms with van der Waals surface area (Å²) in [6, 6.07) is 12.2. The minimum absolute atomic E-state index is 0.122. The van der Waals surface area contributed by atoms with Crippen LogP contribution >= 0.6 is 23.2 Å². The molecule has 0 fully saturated rings. The molecule has 0 aromatic heterocycles. The number of anilines is 3. The SMILES string of the molecule is CC(=O)N(CC(=O)Nc1ccc(N(C)C)cc1)c1ccc(Cl)c(Cl)c1. The zero-order chi connectivity index (χ0) is 18.6. The fourth-order valence-electron chi connectivity index (χ4n) is 2.22. The largest absolute Gasteiger partial charge is 0.378 e. The van der Waals surface area contributed by atoms with Crippen molar-refractivity contribution in [3.63, 3.8) is 0 Å². The number of halogens is 2. The maximum atomic E-state index is 12.3. The van der Waals surface area contributed by atoms with Crippen LogP contribution in [0.25, 0.3) is 0 Å². The number of hydrogen-bond acceptors (Lipinski definition) is 3.